The van der Waals surface area contributed by atoms with Gasteiger partial charge in [0.1, 0.15) is 0 Å². The van der Waals surface area contributed by atoms with E-state index >= 15 is 0 Å². The summed E-state index contributed by atoms with van der Waals surface area (Å²) in [5.41, 5.74) is 2.90. The predicted octanol–water partition coefficient (Wildman–Crippen LogP) is 3.29. The SMILES string of the molecule is O=S(=O)(Nc1cccc2c1CNCC2)c1cccc2ccccc12. The minimum atomic E-state index is -3.65. The minimum absolute atomic E-state index is 0.307. The van der Waals surface area contributed by atoms with Crippen LogP contribution in [0.2, 0.25) is 0 Å². The molecule has 122 valence electrons. The van der Waals surface area contributed by atoms with Crippen LogP contribution in [0.4, 0.5) is 5.69 Å². The molecule has 1 heterocycles. The highest BCUT2D eigenvalue weighted by molar-refractivity contribution is 7.93. The minimum Gasteiger partial charge on any atom is -0.312 e. The topological polar surface area (TPSA) is 58.2 Å². The molecule has 2 N–H and O–H groups in total. The number of hydrogen-bond acceptors (Lipinski definition) is 3. The molecule has 3 aromatic rings. The van der Waals surface area contributed by atoms with Gasteiger partial charge in [0.2, 0.25) is 0 Å². The molecule has 1 aliphatic rings. The Bertz CT molecular complexity index is 1010. The molecule has 0 fully saturated rings. The maximum atomic E-state index is 13.0. The van der Waals surface area contributed by atoms with Crippen molar-refractivity contribution in [3.8, 4) is 0 Å². The van der Waals surface area contributed by atoms with Gasteiger partial charge in [-0.15, -0.1) is 0 Å². The highest BCUT2D eigenvalue weighted by atomic mass is 32.2. The smallest absolute Gasteiger partial charge is 0.262 e. The normalized spacial score (nSPS) is 14.3. The van der Waals surface area contributed by atoms with Gasteiger partial charge in [-0.05, 0) is 41.6 Å². The molecule has 0 aliphatic carbocycles. The summed E-state index contributed by atoms with van der Waals surface area (Å²) >= 11 is 0. The fourth-order valence-electron chi connectivity index (χ4n) is 3.24. The second-order valence-corrected chi connectivity index (χ2v) is 7.60. The molecule has 1 aliphatic heterocycles. The Morgan fingerprint density at radius 1 is 0.917 bits per heavy atom. The van der Waals surface area contributed by atoms with E-state index in [1.165, 1.54) is 5.56 Å². The Kier molecular flexibility index (Phi) is 3.75. The third-order valence-electron chi connectivity index (χ3n) is 4.43. The van der Waals surface area contributed by atoms with Crippen LogP contribution in [0, 0.1) is 0 Å². The molecule has 0 amide bonds. The van der Waals surface area contributed by atoms with E-state index in [9.17, 15) is 8.42 Å². The Hall–Kier alpha value is -2.37. The van der Waals surface area contributed by atoms with Crippen LogP contribution in [0.25, 0.3) is 10.8 Å². The first-order chi connectivity index (χ1) is 11.6. The van der Waals surface area contributed by atoms with Crippen molar-refractivity contribution in [1.29, 1.82) is 0 Å². The molecule has 0 bridgehead atoms. The third kappa shape index (κ3) is 2.66. The molecule has 0 spiro atoms. The first kappa shape index (κ1) is 15.2. The molecule has 0 aromatic heterocycles. The summed E-state index contributed by atoms with van der Waals surface area (Å²) in [5, 5.41) is 4.95. The highest BCUT2D eigenvalue weighted by Crippen LogP contribution is 2.28. The van der Waals surface area contributed by atoms with Crippen LogP contribution in [-0.4, -0.2) is 15.0 Å². The monoisotopic (exact) mass is 338 g/mol. The van der Waals surface area contributed by atoms with Crippen LogP contribution >= 0.6 is 0 Å². The molecule has 3 aromatic carbocycles. The molecule has 0 unspecified atom stereocenters. The summed E-state index contributed by atoms with van der Waals surface area (Å²) in [4.78, 5) is 0.307. The molecule has 0 saturated carbocycles. The van der Waals surface area contributed by atoms with Crippen molar-refractivity contribution in [2.75, 3.05) is 11.3 Å². The van der Waals surface area contributed by atoms with Crippen LogP contribution in [0.5, 0.6) is 0 Å². The first-order valence-corrected chi connectivity index (χ1v) is 9.45. The second kappa shape index (κ2) is 5.92. The zero-order valence-electron chi connectivity index (χ0n) is 13.1. The summed E-state index contributed by atoms with van der Waals surface area (Å²) in [5.74, 6) is 0. The van der Waals surface area contributed by atoms with E-state index < -0.39 is 10.0 Å². The number of hydrogen-bond donors (Lipinski definition) is 2. The summed E-state index contributed by atoms with van der Waals surface area (Å²) in [6, 6.07) is 18.7. The van der Waals surface area contributed by atoms with E-state index in [-0.39, 0.29) is 0 Å². The van der Waals surface area contributed by atoms with E-state index in [2.05, 4.69) is 16.1 Å². The van der Waals surface area contributed by atoms with Crippen molar-refractivity contribution < 1.29 is 8.42 Å². The van der Waals surface area contributed by atoms with Gasteiger partial charge in [-0.25, -0.2) is 8.42 Å². The van der Waals surface area contributed by atoms with Crippen molar-refractivity contribution in [1.82, 2.24) is 5.32 Å². The number of sulfonamides is 1. The Labute approximate surface area is 141 Å². The summed E-state index contributed by atoms with van der Waals surface area (Å²) in [7, 11) is -3.65. The standard InChI is InChI=1S/C19H18N2O2S/c22-24(23,19-10-4-7-14-5-1-2-8-16(14)19)21-18-9-3-6-15-11-12-20-13-17(15)18/h1-10,20-21H,11-13H2. The molecule has 4 rings (SSSR count). The van der Waals surface area contributed by atoms with Gasteiger partial charge >= 0.3 is 0 Å². The Balaban J connectivity index is 1.79. The molecular weight excluding hydrogens is 320 g/mol. The van der Waals surface area contributed by atoms with E-state index in [0.717, 1.165) is 29.3 Å². The zero-order chi connectivity index (χ0) is 16.6. The number of rotatable bonds is 3. The van der Waals surface area contributed by atoms with Gasteiger partial charge < -0.3 is 5.32 Å². The van der Waals surface area contributed by atoms with E-state index in [1.54, 1.807) is 12.1 Å². The molecule has 0 radical (unpaired) electrons. The largest absolute Gasteiger partial charge is 0.312 e. The van der Waals surface area contributed by atoms with Gasteiger partial charge in [-0.1, -0.05) is 48.5 Å². The van der Waals surface area contributed by atoms with E-state index in [4.69, 9.17) is 0 Å². The quantitative estimate of drug-likeness (QED) is 0.770. The van der Waals surface area contributed by atoms with Crippen LogP contribution in [0.3, 0.4) is 0 Å². The van der Waals surface area contributed by atoms with Gasteiger partial charge in [0.05, 0.1) is 10.6 Å². The lowest BCUT2D eigenvalue weighted by Gasteiger charge is -2.21. The lowest BCUT2D eigenvalue weighted by Crippen LogP contribution is -2.25. The van der Waals surface area contributed by atoms with Crippen LogP contribution in [-0.2, 0) is 23.0 Å². The maximum absolute atomic E-state index is 13.0. The van der Waals surface area contributed by atoms with Crippen molar-refractivity contribution in [2.45, 2.75) is 17.9 Å². The predicted molar refractivity (Wildman–Crippen MR) is 96.6 cm³/mol. The zero-order valence-corrected chi connectivity index (χ0v) is 13.9. The number of anilines is 1. The van der Waals surface area contributed by atoms with Crippen molar-refractivity contribution in [3.05, 3.63) is 71.8 Å². The molecule has 0 saturated heterocycles. The lowest BCUT2D eigenvalue weighted by atomic mass is 10.00. The Morgan fingerprint density at radius 3 is 2.62 bits per heavy atom. The van der Waals surface area contributed by atoms with Gasteiger partial charge in [0.15, 0.2) is 0 Å². The summed E-state index contributed by atoms with van der Waals surface area (Å²) in [6.07, 6.45) is 0.916. The fourth-order valence-corrected chi connectivity index (χ4v) is 4.56. The molecule has 5 heteroatoms. The molecular formula is C19H18N2O2S. The van der Waals surface area contributed by atoms with Gasteiger partial charge in [0, 0.05) is 11.9 Å². The van der Waals surface area contributed by atoms with Crippen LogP contribution in [0.1, 0.15) is 11.1 Å². The van der Waals surface area contributed by atoms with Gasteiger partial charge in [-0.2, -0.15) is 0 Å². The average molecular weight is 338 g/mol. The van der Waals surface area contributed by atoms with Gasteiger partial charge in [-0.3, -0.25) is 4.72 Å². The van der Waals surface area contributed by atoms with Crippen molar-refractivity contribution in [3.63, 3.8) is 0 Å². The van der Waals surface area contributed by atoms with Crippen LogP contribution < -0.4 is 10.0 Å². The fraction of sp³-hybridized carbons (Fsp3) is 0.158. The number of nitrogens with one attached hydrogen (secondary N) is 2. The lowest BCUT2D eigenvalue weighted by molar-refractivity contribution is 0.601. The number of benzene rings is 3. The second-order valence-electron chi connectivity index (χ2n) is 5.95. The molecule has 0 atom stereocenters. The third-order valence-corrected chi connectivity index (χ3v) is 5.85. The van der Waals surface area contributed by atoms with Crippen LogP contribution in [0.15, 0.2) is 65.6 Å². The highest BCUT2D eigenvalue weighted by Gasteiger charge is 2.20. The summed E-state index contributed by atoms with van der Waals surface area (Å²) in [6.45, 7) is 1.61. The van der Waals surface area contributed by atoms with E-state index in [0.29, 0.717) is 17.1 Å². The average Bonchev–Trinajstić information content (AvgIpc) is 2.61. The first-order valence-electron chi connectivity index (χ1n) is 7.97. The Morgan fingerprint density at radius 2 is 1.71 bits per heavy atom. The molecule has 24 heavy (non-hydrogen) atoms. The van der Waals surface area contributed by atoms with Crippen molar-refractivity contribution >= 4 is 26.5 Å². The van der Waals surface area contributed by atoms with E-state index in [1.807, 2.05) is 42.5 Å². The van der Waals surface area contributed by atoms with Crippen molar-refractivity contribution in [2.24, 2.45) is 0 Å². The van der Waals surface area contributed by atoms with Gasteiger partial charge in [0.25, 0.3) is 10.0 Å². The number of fused-ring (bicyclic) bond motifs is 2. The maximum Gasteiger partial charge on any atom is 0.262 e. The molecule has 4 nitrogen and oxygen atoms in total. The summed E-state index contributed by atoms with van der Waals surface area (Å²) < 4.78 is 28.7.